The van der Waals surface area contributed by atoms with Crippen LogP contribution in [0.15, 0.2) is 12.1 Å². The third-order valence-electron chi connectivity index (χ3n) is 4.65. The van der Waals surface area contributed by atoms with Crippen LogP contribution in [-0.4, -0.2) is 10.7 Å². The van der Waals surface area contributed by atoms with Crippen LogP contribution in [0.25, 0.3) is 0 Å². The standard InChI is InChI=1S/C18H28O/c1-13-9-14(2)16(15(3)10-13)11-18(19)8-6-7-17(4,5)12-18/h9-10,19H,6-8,11-12H2,1-5H3. The van der Waals surface area contributed by atoms with E-state index in [0.29, 0.717) is 0 Å². The Labute approximate surface area is 118 Å². The molecular weight excluding hydrogens is 232 g/mol. The zero-order valence-electron chi connectivity index (χ0n) is 13.1. The summed E-state index contributed by atoms with van der Waals surface area (Å²) in [4.78, 5) is 0. The van der Waals surface area contributed by atoms with Crippen molar-refractivity contribution in [1.82, 2.24) is 0 Å². The molecule has 19 heavy (non-hydrogen) atoms. The molecular formula is C18H28O. The molecule has 0 aliphatic heterocycles. The molecule has 0 bridgehead atoms. The SMILES string of the molecule is Cc1cc(C)c(CC2(O)CCCC(C)(C)C2)c(C)c1. The number of aryl methyl sites for hydroxylation is 3. The monoisotopic (exact) mass is 260 g/mol. The van der Waals surface area contributed by atoms with Crippen molar-refractivity contribution in [2.75, 3.05) is 0 Å². The molecule has 1 heteroatoms. The minimum atomic E-state index is -0.507. The Bertz CT molecular complexity index is 450. The van der Waals surface area contributed by atoms with Gasteiger partial charge < -0.3 is 5.11 Å². The molecule has 2 rings (SSSR count). The summed E-state index contributed by atoms with van der Waals surface area (Å²) in [5.74, 6) is 0. The topological polar surface area (TPSA) is 20.2 Å². The molecule has 1 atom stereocenters. The van der Waals surface area contributed by atoms with Crippen LogP contribution in [0.4, 0.5) is 0 Å². The molecule has 1 saturated carbocycles. The lowest BCUT2D eigenvalue weighted by atomic mass is 9.67. The van der Waals surface area contributed by atoms with Gasteiger partial charge in [-0.05, 0) is 62.1 Å². The Balaban J connectivity index is 2.25. The highest BCUT2D eigenvalue weighted by molar-refractivity contribution is 5.38. The first-order chi connectivity index (χ1) is 8.71. The van der Waals surface area contributed by atoms with Crippen molar-refractivity contribution in [3.8, 4) is 0 Å². The van der Waals surface area contributed by atoms with Crippen molar-refractivity contribution in [2.45, 2.75) is 72.3 Å². The predicted molar refractivity (Wildman–Crippen MR) is 81.6 cm³/mol. The lowest BCUT2D eigenvalue weighted by Gasteiger charge is -2.42. The molecule has 0 radical (unpaired) electrons. The van der Waals surface area contributed by atoms with Gasteiger partial charge in [0.15, 0.2) is 0 Å². The second kappa shape index (κ2) is 4.94. The minimum absolute atomic E-state index is 0.277. The highest BCUT2D eigenvalue weighted by Crippen LogP contribution is 2.43. The smallest absolute Gasteiger partial charge is 0.0693 e. The molecule has 0 aromatic heterocycles. The van der Waals surface area contributed by atoms with Gasteiger partial charge in [-0.3, -0.25) is 0 Å². The fourth-order valence-corrected chi connectivity index (χ4v) is 3.93. The van der Waals surface area contributed by atoms with Gasteiger partial charge in [0.1, 0.15) is 0 Å². The summed E-state index contributed by atoms with van der Waals surface area (Å²) in [6.07, 6.45) is 5.07. The van der Waals surface area contributed by atoms with Gasteiger partial charge in [-0.25, -0.2) is 0 Å². The Morgan fingerprint density at radius 3 is 2.16 bits per heavy atom. The van der Waals surface area contributed by atoms with E-state index in [1.807, 2.05) is 0 Å². The molecule has 1 aromatic carbocycles. The van der Waals surface area contributed by atoms with E-state index in [0.717, 1.165) is 25.7 Å². The number of benzene rings is 1. The highest BCUT2D eigenvalue weighted by Gasteiger charge is 2.38. The van der Waals surface area contributed by atoms with Crippen molar-refractivity contribution >= 4 is 0 Å². The molecule has 1 fully saturated rings. The quantitative estimate of drug-likeness (QED) is 0.831. The normalized spacial score (nSPS) is 26.4. The summed E-state index contributed by atoms with van der Waals surface area (Å²) in [6, 6.07) is 4.47. The van der Waals surface area contributed by atoms with E-state index in [4.69, 9.17) is 0 Å². The van der Waals surface area contributed by atoms with E-state index in [-0.39, 0.29) is 5.41 Å². The predicted octanol–water partition coefficient (Wildman–Crippen LogP) is 4.49. The van der Waals surface area contributed by atoms with Crippen molar-refractivity contribution in [3.05, 3.63) is 34.4 Å². The van der Waals surface area contributed by atoms with E-state index < -0.39 is 5.60 Å². The zero-order chi connectivity index (χ0) is 14.3. The van der Waals surface area contributed by atoms with Crippen LogP contribution in [0.1, 0.15) is 61.8 Å². The average molecular weight is 260 g/mol. The van der Waals surface area contributed by atoms with E-state index in [2.05, 4.69) is 46.8 Å². The lowest BCUT2D eigenvalue weighted by Crippen LogP contribution is -2.41. The molecule has 1 aliphatic carbocycles. The molecule has 1 nitrogen and oxygen atoms in total. The first-order valence-electron chi connectivity index (χ1n) is 7.50. The summed E-state index contributed by atoms with van der Waals surface area (Å²) in [5, 5.41) is 11.0. The molecule has 1 aliphatic rings. The summed E-state index contributed by atoms with van der Waals surface area (Å²) in [6.45, 7) is 11.1. The molecule has 106 valence electrons. The van der Waals surface area contributed by atoms with Crippen LogP contribution in [0.2, 0.25) is 0 Å². The van der Waals surface area contributed by atoms with E-state index in [9.17, 15) is 5.11 Å². The van der Waals surface area contributed by atoms with Gasteiger partial charge in [0.05, 0.1) is 5.60 Å². The van der Waals surface area contributed by atoms with Crippen molar-refractivity contribution in [1.29, 1.82) is 0 Å². The van der Waals surface area contributed by atoms with Crippen LogP contribution in [-0.2, 0) is 6.42 Å². The van der Waals surface area contributed by atoms with Gasteiger partial charge in [0, 0.05) is 6.42 Å². The summed E-state index contributed by atoms with van der Waals surface area (Å²) >= 11 is 0. The second-order valence-electron chi connectivity index (χ2n) is 7.47. The molecule has 0 saturated heterocycles. The van der Waals surface area contributed by atoms with Crippen LogP contribution in [0.5, 0.6) is 0 Å². The second-order valence-corrected chi connectivity index (χ2v) is 7.47. The lowest BCUT2D eigenvalue weighted by molar-refractivity contribution is -0.0384. The zero-order valence-corrected chi connectivity index (χ0v) is 13.1. The van der Waals surface area contributed by atoms with Gasteiger partial charge >= 0.3 is 0 Å². The largest absolute Gasteiger partial charge is 0.390 e. The third-order valence-corrected chi connectivity index (χ3v) is 4.65. The first kappa shape index (κ1) is 14.6. The number of hydrogen-bond acceptors (Lipinski definition) is 1. The molecule has 0 spiro atoms. The van der Waals surface area contributed by atoms with Crippen LogP contribution in [0, 0.1) is 26.2 Å². The highest BCUT2D eigenvalue weighted by atomic mass is 16.3. The number of hydrogen-bond donors (Lipinski definition) is 1. The maximum atomic E-state index is 11.0. The van der Waals surface area contributed by atoms with Gasteiger partial charge in [-0.2, -0.15) is 0 Å². The summed E-state index contributed by atoms with van der Waals surface area (Å²) < 4.78 is 0. The molecule has 0 amide bonds. The summed E-state index contributed by atoms with van der Waals surface area (Å²) in [7, 11) is 0. The van der Waals surface area contributed by atoms with Crippen molar-refractivity contribution in [2.24, 2.45) is 5.41 Å². The molecule has 1 aromatic rings. The molecule has 0 heterocycles. The van der Waals surface area contributed by atoms with Crippen LogP contribution < -0.4 is 0 Å². The van der Waals surface area contributed by atoms with Crippen LogP contribution in [0.3, 0.4) is 0 Å². The number of rotatable bonds is 2. The third kappa shape index (κ3) is 3.39. The Kier molecular flexibility index (Phi) is 3.79. The molecule has 1 unspecified atom stereocenters. The van der Waals surface area contributed by atoms with Gasteiger partial charge in [-0.1, -0.05) is 38.0 Å². The van der Waals surface area contributed by atoms with Gasteiger partial charge in [0.25, 0.3) is 0 Å². The Morgan fingerprint density at radius 2 is 1.63 bits per heavy atom. The van der Waals surface area contributed by atoms with Crippen LogP contribution >= 0.6 is 0 Å². The van der Waals surface area contributed by atoms with E-state index >= 15 is 0 Å². The van der Waals surface area contributed by atoms with E-state index in [1.165, 1.54) is 28.7 Å². The maximum Gasteiger partial charge on any atom is 0.0693 e. The van der Waals surface area contributed by atoms with Gasteiger partial charge in [0.2, 0.25) is 0 Å². The Morgan fingerprint density at radius 1 is 1.05 bits per heavy atom. The summed E-state index contributed by atoms with van der Waals surface area (Å²) in [5.41, 5.74) is 5.09. The van der Waals surface area contributed by atoms with Crippen molar-refractivity contribution < 1.29 is 5.11 Å². The average Bonchev–Trinajstić information content (AvgIpc) is 2.21. The number of aliphatic hydroxyl groups is 1. The fraction of sp³-hybridized carbons (Fsp3) is 0.667. The Hall–Kier alpha value is -0.820. The fourth-order valence-electron chi connectivity index (χ4n) is 3.93. The maximum absolute atomic E-state index is 11.0. The van der Waals surface area contributed by atoms with E-state index in [1.54, 1.807) is 0 Å². The molecule has 1 N–H and O–H groups in total. The first-order valence-corrected chi connectivity index (χ1v) is 7.50. The minimum Gasteiger partial charge on any atom is -0.390 e. The van der Waals surface area contributed by atoms with Crippen molar-refractivity contribution in [3.63, 3.8) is 0 Å². The van der Waals surface area contributed by atoms with Gasteiger partial charge in [-0.15, -0.1) is 0 Å².